The van der Waals surface area contributed by atoms with E-state index in [0.29, 0.717) is 10.7 Å². The third kappa shape index (κ3) is 3.22. The Kier molecular flexibility index (Phi) is 3.99. The molecule has 0 aliphatic heterocycles. The topological polar surface area (TPSA) is 77.8 Å². The number of thiazole rings is 1. The Bertz CT molecular complexity index is 815. The molecule has 1 heterocycles. The number of nitriles is 1. The summed E-state index contributed by atoms with van der Waals surface area (Å²) in [6.45, 7) is 0.141. The van der Waals surface area contributed by atoms with Crippen LogP contribution in [0, 0.1) is 11.3 Å². The SMILES string of the molecule is N#Cc1ccc(NCC(=O)Nc2nc3ccccc3s2)cc1. The lowest BCUT2D eigenvalue weighted by atomic mass is 10.2. The van der Waals surface area contributed by atoms with Gasteiger partial charge in [-0.05, 0) is 36.4 Å². The van der Waals surface area contributed by atoms with Gasteiger partial charge in [0.05, 0.1) is 28.4 Å². The normalized spacial score (nSPS) is 10.1. The molecule has 3 aromatic rings. The van der Waals surface area contributed by atoms with Gasteiger partial charge in [0.25, 0.3) is 0 Å². The number of anilines is 2. The number of benzene rings is 2. The van der Waals surface area contributed by atoms with E-state index in [2.05, 4.69) is 21.7 Å². The maximum absolute atomic E-state index is 11.9. The average molecular weight is 308 g/mol. The number of hydrogen-bond donors (Lipinski definition) is 2. The second-order valence-corrected chi connectivity index (χ2v) is 5.61. The van der Waals surface area contributed by atoms with Crippen LogP contribution in [0.2, 0.25) is 0 Å². The Morgan fingerprint density at radius 2 is 1.95 bits per heavy atom. The van der Waals surface area contributed by atoms with Crippen LogP contribution in [0.25, 0.3) is 10.2 Å². The molecule has 0 saturated carbocycles. The molecule has 0 spiro atoms. The Morgan fingerprint density at radius 3 is 2.68 bits per heavy atom. The van der Waals surface area contributed by atoms with E-state index >= 15 is 0 Å². The zero-order valence-electron chi connectivity index (χ0n) is 11.5. The number of hydrogen-bond acceptors (Lipinski definition) is 5. The molecular weight excluding hydrogens is 296 g/mol. The van der Waals surface area contributed by atoms with Crippen molar-refractivity contribution in [3.63, 3.8) is 0 Å². The minimum absolute atomic E-state index is 0.141. The van der Waals surface area contributed by atoms with Crippen LogP contribution in [0.5, 0.6) is 0 Å². The molecule has 3 rings (SSSR count). The molecule has 0 bridgehead atoms. The molecule has 1 aromatic heterocycles. The van der Waals surface area contributed by atoms with Crippen molar-refractivity contribution in [2.24, 2.45) is 0 Å². The Hall–Kier alpha value is -2.91. The first-order valence-electron chi connectivity index (χ1n) is 6.64. The molecule has 0 fully saturated rings. The summed E-state index contributed by atoms with van der Waals surface area (Å²) in [6.07, 6.45) is 0. The van der Waals surface area contributed by atoms with Crippen LogP contribution >= 0.6 is 11.3 Å². The molecule has 6 heteroatoms. The van der Waals surface area contributed by atoms with E-state index in [1.165, 1.54) is 11.3 Å². The van der Waals surface area contributed by atoms with E-state index in [1.807, 2.05) is 24.3 Å². The Morgan fingerprint density at radius 1 is 1.18 bits per heavy atom. The molecule has 0 saturated heterocycles. The number of amides is 1. The summed E-state index contributed by atoms with van der Waals surface area (Å²) in [5.74, 6) is -0.164. The second-order valence-electron chi connectivity index (χ2n) is 4.58. The maximum atomic E-state index is 11.9. The minimum atomic E-state index is -0.164. The zero-order valence-corrected chi connectivity index (χ0v) is 12.4. The fourth-order valence-electron chi connectivity index (χ4n) is 1.93. The van der Waals surface area contributed by atoms with Crippen LogP contribution in [-0.4, -0.2) is 17.4 Å². The van der Waals surface area contributed by atoms with Gasteiger partial charge in [-0.15, -0.1) is 0 Å². The van der Waals surface area contributed by atoms with E-state index in [4.69, 9.17) is 5.26 Å². The third-order valence-corrected chi connectivity index (χ3v) is 3.96. The van der Waals surface area contributed by atoms with E-state index < -0.39 is 0 Å². The standard InChI is InChI=1S/C16H12N4OS/c17-9-11-5-7-12(8-6-11)18-10-15(21)20-16-19-13-3-1-2-4-14(13)22-16/h1-8,18H,10H2,(H,19,20,21). The van der Waals surface area contributed by atoms with Gasteiger partial charge in [0, 0.05) is 5.69 Å². The van der Waals surface area contributed by atoms with Gasteiger partial charge in [0.1, 0.15) is 0 Å². The van der Waals surface area contributed by atoms with Crippen LogP contribution < -0.4 is 10.6 Å². The van der Waals surface area contributed by atoms with Crippen molar-refractivity contribution >= 4 is 38.3 Å². The fraction of sp³-hybridized carbons (Fsp3) is 0.0625. The lowest BCUT2D eigenvalue weighted by Crippen LogP contribution is -2.21. The number of nitrogens with one attached hydrogen (secondary N) is 2. The number of nitrogens with zero attached hydrogens (tertiary/aromatic N) is 2. The molecule has 2 N–H and O–H groups in total. The van der Waals surface area contributed by atoms with E-state index in [1.54, 1.807) is 24.3 Å². The molecular formula is C16H12N4OS. The molecule has 22 heavy (non-hydrogen) atoms. The number of aromatic nitrogens is 1. The smallest absolute Gasteiger partial charge is 0.245 e. The van der Waals surface area contributed by atoms with Gasteiger partial charge in [-0.25, -0.2) is 4.98 Å². The van der Waals surface area contributed by atoms with Gasteiger partial charge in [-0.2, -0.15) is 5.26 Å². The minimum Gasteiger partial charge on any atom is -0.376 e. The van der Waals surface area contributed by atoms with E-state index in [9.17, 15) is 4.79 Å². The number of rotatable bonds is 4. The number of fused-ring (bicyclic) bond motifs is 1. The molecule has 0 atom stereocenters. The van der Waals surface area contributed by atoms with E-state index in [-0.39, 0.29) is 12.5 Å². The Labute approximate surface area is 131 Å². The van der Waals surface area contributed by atoms with Gasteiger partial charge in [0.15, 0.2) is 5.13 Å². The van der Waals surface area contributed by atoms with Crippen molar-refractivity contribution in [3.8, 4) is 6.07 Å². The van der Waals surface area contributed by atoms with Crippen LogP contribution in [0.15, 0.2) is 48.5 Å². The van der Waals surface area contributed by atoms with Crippen molar-refractivity contribution in [1.29, 1.82) is 5.26 Å². The quantitative estimate of drug-likeness (QED) is 0.775. The average Bonchev–Trinajstić information content (AvgIpc) is 2.95. The monoisotopic (exact) mass is 308 g/mol. The van der Waals surface area contributed by atoms with Gasteiger partial charge in [-0.3, -0.25) is 4.79 Å². The number of carbonyl (C=O) groups excluding carboxylic acids is 1. The van der Waals surface area contributed by atoms with Crippen molar-refractivity contribution in [2.75, 3.05) is 17.2 Å². The predicted molar refractivity (Wildman–Crippen MR) is 87.9 cm³/mol. The summed E-state index contributed by atoms with van der Waals surface area (Å²) in [5, 5.41) is 15.1. The van der Waals surface area contributed by atoms with Crippen molar-refractivity contribution in [3.05, 3.63) is 54.1 Å². The van der Waals surface area contributed by atoms with Crippen LogP contribution in [-0.2, 0) is 4.79 Å². The molecule has 0 unspecified atom stereocenters. The molecule has 0 radical (unpaired) electrons. The first-order valence-corrected chi connectivity index (χ1v) is 7.46. The highest BCUT2D eigenvalue weighted by molar-refractivity contribution is 7.22. The molecule has 0 aliphatic carbocycles. The van der Waals surface area contributed by atoms with E-state index in [0.717, 1.165) is 15.9 Å². The molecule has 2 aromatic carbocycles. The first-order chi connectivity index (χ1) is 10.7. The molecule has 108 valence electrons. The second kappa shape index (κ2) is 6.24. The summed E-state index contributed by atoms with van der Waals surface area (Å²) in [6, 6.07) is 16.7. The number of para-hydroxylation sites is 1. The highest BCUT2D eigenvalue weighted by atomic mass is 32.1. The third-order valence-electron chi connectivity index (χ3n) is 3.01. The van der Waals surface area contributed by atoms with Gasteiger partial charge in [0.2, 0.25) is 5.91 Å². The summed E-state index contributed by atoms with van der Waals surface area (Å²) >= 11 is 1.45. The van der Waals surface area contributed by atoms with Gasteiger partial charge in [-0.1, -0.05) is 23.5 Å². The Balaban J connectivity index is 1.58. The van der Waals surface area contributed by atoms with Crippen LogP contribution in [0.3, 0.4) is 0 Å². The molecule has 0 aliphatic rings. The summed E-state index contributed by atoms with van der Waals surface area (Å²) in [7, 11) is 0. The van der Waals surface area contributed by atoms with Crippen LogP contribution in [0.4, 0.5) is 10.8 Å². The first kappa shape index (κ1) is 14.0. The summed E-state index contributed by atoms with van der Waals surface area (Å²) in [4.78, 5) is 16.3. The molecule has 5 nitrogen and oxygen atoms in total. The van der Waals surface area contributed by atoms with Crippen molar-refractivity contribution < 1.29 is 4.79 Å². The largest absolute Gasteiger partial charge is 0.376 e. The van der Waals surface area contributed by atoms with Gasteiger partial charge < -0.3 is 10.6 Å². The fourth-order valence-corrected chi connectivity index (χ4v) is 2.82. The lowest BCUT2D eigenvalue weighted by molar-refractivity contribution is -0.114. The zero-order chi connectivity index (χ0) is 15.4. The highest BCUT2D eigenvalue weighted by Crippen LogP contribution is 2.25. The van der Waals surface area contributed by atoms with Crippen molar-refractivity contribution in [2.45, 2.75) is 0 Å². The summed E-state index contributed by atoms with van der Waals surface area (Å²) in [5.41, 5.74) is 2.26. The lowest BCUT2D eigenvalue weighted by Gasteiger charge is -2.05. The summed E-state index contributed by atoms with van der Waals surface area (Å²) < 4.78 is 1.04. The maximum Gasteiger partial charge on any atom is 0.245 e. The predicted octanol–water partition coefficient (Wildman–Crippen LogP) is 3.22. The van der Waals surface area contributed by atoms with Gasteiger partial charge >= 0.3 is 0 Å². The number of carbonyl (C=O) groups is 1. The van der Waals surface area contributed by atoms with Crippen LogP contribution in [0.1, 0.15) is 5.56 Å². The van der Waals surface area contributed by atoms with Crippen molar-refractivity contribution in [1.82, 2.24) is 4.98 Å². The highest BCUT2D eigenvalue weighted by Gasteiger charge is 2.07. The molecule has 1 amide bonds.